The third-order valence-electron chi connectivity index (χ3n) is 2.13. The minimum Gasteiger partial charge on any atom is -0.380 e. The lowest BCUT2D eigenvalue weighted by atomic mass is 10.2. The van der Waals surface area contributed by atoms with Gasteiger partial charge in [0.1, 0.15) is 6.07 Å². The molecule has 0 unspecified atom stereocenters. The van der Waals surface area contributed by atoms with Crippen LogP contribution in [-0.4, -0.2) is 6.54 Å². The van der Waals surface area contributed by atoms with Crippen LogP contribution in [0, 0.1) is 11.3 Å². The first kappa shape index (κ1) is 11.8. The first-order chi connectivity index (χ1) is 7.17. The first-order valence-corrected chi connectivity index (χ1v) is 5.56. The molecule has 0 saturated carbocycles. The minimum atomic E-state index is 0.647. The van der Waals surface area contributed by atoms with Crippen molar-refractivity contribution in [2.24, 2.45) is 0 Å². The number of nitrogens with one attached hydrogen (secondary N) is 1. The maximum Gasteiger partial charge on any atom is 0.101 e. The van der Waals surface area contributed by atoms with Crippen molar-refractivity contribution in [1.82, 2.24) is 0 Å². The van der Waals surface area contributed by atoms with Crippen molar-refractivity contribution >= 4 is 21.6 Å². The van der Waals surface area contributed by atoms with Gasteiger partial charge in [0.25, 0.3) is 0 Å². The Kier molecular flexibility index (Phi) is 4.38. The largest absolute Gasteiger partial charge is 0.380 e. The SMILES string of the molecule is C=C(CC)CNc1ccc(Br)cc1C#N. The van der Waals surface area contributed by atoms with Gasteiger partial charge in [-0.25, -0.2) is 0 Å². The Morgan fingerprint density at radius 3 is 2.93 bits per heavy atom. The summed E-state index contributed by atoms with van der Waals surface area (Å²) in [6.45, 7) is 6.69. The molecule has 0 aliphatic heterocycles. The van der Waals surface area contributed by atoms with E-state index in [4.69, 9.17) is 5.26 Å². The summed E-state index contributed by atoms with van der Waals surface area (Å²) in [7, 11) is 0. The van der Waals surface area contributed by atoms with Crippen molar-refractivity contribution in [3.05, 3.63) is 40.4 Å². The highest BCUT2D eigenvalue weighted by Crippen LogP contribution is 2.20. The second-order valence-corrected chi connectivity index (χ2v) is 4.17. The van der Waals surface area contributed by atoms with Crippen LogP contribution in [0.25, 0.3) is 0 Å². The first-order valence-electron chi connectivity index (χ1n) is 4.77. The van der Waals surface area contributed by atoms with Crippen molar-refractivity contribution in [2.45, 2.75) is 13.3 Å². The molecule has 1 aromatic carbocycles. The zero-order valence-corrected chi connectivity index (χ0v) is 10.3. The van der Waals surface area contributed by atoms with Gasteiger partial charge >= 0.3 is 0 Å². The number of rotatable bonds is 4. The molecular weight excluding hydrogens is 252 g/mol. The number of hydrogen-bond acceptors (Lipinski definition) is 2. The Bertz CT molecular complexity index is 405. The van der Waals surface area contributed by atoms with E-state index in [0.717, 1.165) is 22.2 Å². The van der Waals surface area contributed by atoms with Crippen LogP contribution in [0.15, 0.2) is 34.8 Å². The van der Waals surface area contributed by atoms with Crippen molar-refractivity contribution in [2.75, 3.05) is 11.9 Å². The molecule has 2 nitrogen and oxygen atoms in total. The van der Waals surface area contributed by atoms with Gasteiger partial charge in [0, 0.05) is 11.0 Å². The van der Waals surface area contributed by atoms with Crippen LogP contribution >= 0.6 is 15.9 Å². The Morgan fingerprint density at radius 1 is 1.60 bits per heavy atom. The van der Waals surface area contributed by atoms with Crippen molar-refractivity contribution < 1.29 is 0 Å². The second kappa shape index (κ2) is 5.57. The van der Waals surface area contributed by atoms with E-state index in [1.54, 1.807) is 6.07 Å². The fraction of sp³-hybridized carbons (Fsp3) is 0.250. The maximum absolute atomic E-state index is 8.93. The van der Waals surface area contributed by atoms with E-state index < -0.39 is 0 Å². The lowest BCUT2D eigenvalue weighted by Gasteiger charge is -2.09. The van der Waals surface area contributed by atoms with Crippen LogP contribution in [0.3, 0.4) is 0 Å². The van der Waals surface area contributed by atoms with Gasteiger partial charge in [-0.1, -0.05) is 35.0 Å². The van der Waals surface area contributed by atoms with Gasteiger partial charge in [0.05, 0.1) is 11.3 Å². The van der Waals surface area contributed by atoms with Crippen LogP contribution in [0.5, 0.6) is 0 Å². The number of nitriles is 1. The summed E-state index contributed by atoms with van der Waals surface area (Å²) < 4.78 is 0.916. The molecule has 0 aliphatic carbocycles. The van der Waals surface area contributed by atoms with Crippen molar-refractivity contribution in [3.63, 3.8) is 0 Å². The minimum absolute atomic E-state index is 0.647. The normalized spacial score (nSPS) is 9.40. The zero-order chi connectivity index (χ0) is 11.3. The number of hydrogen-bond donors (Lipinski definition) is 1. The topological polar surface area (TPSA) is 35.8 Å². The van der Waals surface area contributed by atoms with E-state index >= 15 is 0 Å². The molecule has 0 radical (unpaired) electrons. The Labute approximate surface area is 98.7 Å². The van der Waals surface area contributed by atoms with E-state index in [9.17, 15) is 0 Å². The number of halogens is 1. The average Bonchev–Trinajstić information content (AvgIpc) is 2.26. The molecule has 15 heavy (non-hydrogen) atoms. The molecule has 3 heteroatoms. The lowest BCUT2D eigenvalue weighted by molar-refractivity contribution is 1.05. The lowest BCUT2D eigenvalue weighted by Crippen LogP contribution is -2.04. The molecular formula is C12H13BrN2. The van der Waals surface area contributed by atoms with Crippen LogP contribution < -0.4 is 5.32 Å². The van der Waals surface area contributed by atoms with E-state index in [0.29, 0.717) is 12.1 Å². The van der Waals surface area contributed by atoms with Gasteiger partial charge in [0.2, 0.25) is 0 Å². The maximum atomic E-state index is 8.93. The van der Waals surface area contributed by atoms with E-state index in [2.05, 4.69) is 40.8 Å². The summed E-state index contributed by atoms with van der Waals surface area (Å²) in [6.07, 6.45) is 0.950. The summed E-state index contributed by atoms with van der Waals surface area (Å²) in [5.74, 6) is 0. The Morgan fingerprint density at radius 2 is 2.33 bits per heavy atom. The molecule has 1 N–H and O–H groups in total. The molecule has 0 spiro atoms. The molecule has 1 rings (SSSR count). The fourth-order valence-corrected chi connectivity index (χ4v) is 1.47. The fourth-order valence-electron chi connectivity index (χ4n) is 1.11. The van der Waals surface area contributed by atoms with Crippen molar-refractivity contribution in [3.8, 4) is 6.07 Å². The summed E-state index contributed by atoms with van der Waals surface area (Å²) in [4.78, 5) is 0. The molecule has 0 amide bonds. The van der Waals surface area contributed by atoms with Gasteiger partial charge in [0.15, 0.2) is 0 Å². The second-order valence-electron chi connectivity index (χ2n) is 3.26. The van der Waals surface area contributed by atoms with Gasteiger partial charge in [-0.15, -0.1) is 0 Å². The predicted molar refractivity (Wildman–Crippen MR) is 66.8 cm³/mol. The molecule has 0 heterocycles. The third kappa shape index (κ3) is 3.41. The standard InChI is InChI=1S/C12H13BrN2/c1-3-9(2)8-15-12-5-4-11(13)6-10(12)7-14/h4-6,15H,2-3,8H2,1H3. The Hall–Kier alpha value is -1.27. The Balaban J connectivity index is 2.77. The van der Waals surface area contributed by atoms with Gasteiger partial charge in [-0.2, -0.15) is 5.26 Å². The van der Waals surface area contributed by atoms with Crippen molar-refractivity contribution in [1.29, 1.82) is 5.26 Å². The zero-order valence-electron chi connectivity index (χ0n) is 8.68. The summed E-state index contributed by atoms with van der Waals surface area (Å²) in [6, 6.07) is 7.77. The van der Waals surface area contributed by atoms with Gasteiger partial charge in [-0.05, 0) is 24.6 Å². The molecule has 0 bridgehead atoms. The molecule has 0 saturated heterocycles. The number of nitrogens with zero attached hydrogens (tertiary/aromatic N) is 1. The molecule has 0 aromatic heterocycles. The predicted octanol–water partition coefficient (Wildman–Crippen LogP) is 3.70. The molecule has 78 valence electrons. The monoisotopic (exact) mass is 264 g/mol. The summed E-state index contributed by atoms with van der Waals surface area (Å²) >= 11 is 3.33. The van der Waals surface area contributed by atoms with Crippen LogP contribution in [0.4, 0.5) is 5.69 Å². The van der Waals surface area contributed by atoms with Gasteiger partial charge < -0.3 is 5.32 Å². The quantitative estimate of drug-likeness (QED) is 0.842. The summed E-state index contributed by atoms with van der Waals surface area (Å²) in [5.41, 5.74) is 2.63. The van der Waals surface area contributed by atoms with E-state index in [1.807, 2.05) is 12.1 Å². The molecule has 1 aromatic rings. The highest BCUT2D eigenvalue weighted by Gasteiger charge is 2.01. The van der Waals surface area contributed by atoms with Gasteiger partial charge in [-0.3, -0.25) is 0 Å². The van der Waals surface area contributed by atoms with E-state index in [-0.39, 0.29) is 0 Å². The molecule has 0 atom stereocenters. The molecule has 0 fully saturated rings. The number of anilines is 1. The highest BCUT2D eigenvalue weighted by molar-refractivity contribution is 9.10. The summed E-state index contributed by atoms with van der Waals surface area (Å²) in [5, 5.41) is 12.1. The van der Waals surface area contributed by atoms with E-state index in [1.165, 1.54) is 0 Å². The van der Waals surface area contributed by atoms with Crippen LogP contribution in [0.2, 0.25) is 0 Å². The third-order valence-corrected chi connectivity index (χ3v) is 2.62. The van der Waals surface area contributed by atoms with Crippen LogP contribution in [-0.2, 0) is 0 Å². The highest BCUT2D eigenvalue weighted by atomic mass is 79.9. The number of benzene rings is 1. The molecule has 0 aliphatic rings. The van der Waals surface area contributed by atoms with Crippen LogP contribution in [0.1, 0.15) is 18.9 Å². The average molecular weight is 265 g/mol. The smallest absolute Gasteiger partial charge is 0.101 e.